The molecule has 3 aromatic rings. The first kappa shape index (κ1) is 25.7. The van der Waals surface area contributed by atoms with Crippen LogP contribution in [0.3, 0.4) is 0 Å². The molecule has 6 heteroatoms. The second-order valence-corrected chi connectivity index (χ2v) is 10.7. The van der Waals surface area contributed by atoms with Crippen molar-refractivity contribution in [1.29, 1.82) is 0 Å². The van der Waals surface area contributed by atoms with Gasteiger partial charge in [0.1, 0.15) is 29.4 Å². The number of benzene rings is 3. The molecule has 1 N–H and O–H groups in total. The van der Waals surface area contributed by atoms with E-state index in [-0.39, 0.29) is 24.6 Å². The molecule has 0 bridgehead atoms. The number of hydrogen-bond donors (Lipinski definition) is 1. The smallest absolute Gasteiger partial charge is 0.132 e. The van der Waals surface area contributed by atoms with Crippen LogP contribution in [0.1, 0.15) is 56.1 Å². The third kappa shape index (κ3) is 6.05. The van der Waals surface area contributed by atoms with Gasteiger partial charge in [-0.15, -0.1) is 0 Å². The van der Waals surface area contributed by atoms with Crippen molar-refractivity contribution in [3.63, 3.8) is 0 Å². The van der Waals surface area contributed by atoms with Crippen molar-refractivity contribution in [2.45, 2.75) is 71.7 Å². The Labute approximate surface area is 215 Å². The third-order valence-corrected chi connectivity index (χ3v) is 6.74. The van der Waals surface area contributed by atoms with Crippen LogP contribution in [0.15, 0.2) is 65.1 Å². The Morgan fingerprint density at radius 1 is 1.06 bits per heavy atom. The van der Waals surface area contributed by atoms with Gasteiger partial charge in [0.15, 0.2) is 0 Å². The number of nitrogens with one attached hydrogen (secondary N) is 1. The number of halogens is 2. The van der Waals surface area contributed by atoms with Gasteiger partial charge in [-0.2, -0.15) is 0 Å². The molecule has 2 atom stereocenters. The average Bonchev–Trinajstić information content (AvgIpc) is 2.79. The topological polar surface area (TPSA) is 39.7 Å². The van der Waals surface area contributed by atoms with Gasteiger partial charge in [0.2, 0.25) is 0 Å². The summed E-state index contributed by atoms with van der Waals surface area (Å²) in [5.74, 6) is 0.468. The fourth-order valence-electron chi connectivity index (χ4n) is 4.39. The Hall–Kier alpha value is -2.41. The molecule has 1 heterocycles. The van der Waals surface area contributed by atoms with Crippen LogP contribution in [0.2, 0.25) is 0 Å². The van der Waals surface area contributed by atoms with Crippen molar-refractivity contribution in [3.05, 3.63) is 93.2 Å². The summed E-state index contributed by atoms with van der Waals surface area (Å²) >= 11 is 3.31. The molecule has 4 nitrogen and oxygen atoms in total. The minimum absolute atomic E-state index is 0.0270. The van der Waals surface area contributed by atoms with Gasteiger partial charge in [-0.05, 0) is 76.1 Å². The Balaban J connectivity index is 1.60. The Morgan fingerprint density at radius 3 is 2.54 bits per heavy atom. The maximum Gasteiger partial charge on any atom is 0.132 e. The van der Waals surface area contributed by atoms with Crippen LogP contribution in [0.5, 0.6) is 5.75 Å². The van der Waals surface area contributed by atoms with E-state index in [0.717, 1.165) is 23.5 Å². The van der Waals surface area contributed by atoms with E-state index in [1.165, 1.54) is 17.2 Å². The summed E-state index contributed by atoms with van der Waals surface area (Å²) in [6.07, 6.45) is -0.833. The van der Waals surface area contributed by atoms with Crippen molar-refractivity contribution in [2.75, 3.05) is 5.32 Å². The third-order valence-electron chi connectivity index (χ3n) is 6.25. The van der Waals surface area contributed by atoms with Gasteiger partial charge in [0.05, 0.1) is 12.7 Å². The Bertz CT molecular complexity index is 1180. The maximum atomic E-state index is 14.5. The second-order valence-electron chi connectivity index (χ2n) is 9.81. The largest absolute Gasteiger partial charge is 0.485 e. The highest BCUT2D eigenvalue weighted by Gasteiger charge is 2.46. The Kier molecular flexibility index (Phi) is 7.84. The normalized spacial score (nSPS) is 18.7. The van der Waals surface area contributed by atoms with E-state index >= 15 is 0 Å². The monoisotopic (exact) mass is 541 g/mol. The van der Waals surface area contributed by atoms with Gasteiger partial charge in [-0.1, -0.05) is 46.3 Å². The number of ether oxygens (including phenoxy) is 3. The molecule has 1 aliphatic rings. The van der Waals surface area contributed by atoms with Crippen molar-refractivity contribution in [3.8, 4) is 5.75 Å². The highest BCUT2D eigenvalue weighted by Crippen LogP contribution is 2.45. The summed E-state index contributed by atoms with van der Waals surface area (Å²) in [4.78, 5) is 0. The average molecular weight is 542 g/mol. The lowest BCUT2D eigenvalue weighted by Gasteiger charge is -2.45. The first-order chi connectivity index (χ1) is 16.6. The van der Waals surface area contributed by atoms with Crippen LogP contribution in [0, 0.1) is 12.7 Å². The molecule has 0 amide bonds. The molecule has 4 rings (SSSR count). The van der Waals surface area contributed by atoms with Crippen molar-refractivity contribution < 1.29 is 18.6 Å². The number of aryl methyl sites for hydroxylation is 1. The number of rotatable bonds is 8. The van der Waals surface area contributed by atoms with Crippen LogP contribution in [-0.4, -0.2) is 17.8 Å². The van der Waals surface area contributed by atoms with Gasteiger partial charge in [0.25, 0.3) is 0 Å². The molecular formula is C29H33BrFNO3. The summed E-state index contributed by atoms with van der Waals surface area (Å²) in [6.45, 7) is 10.9. The van der Waals surface area contributed by atoms with Crippen molar-refractivity contribution in [1.82, 2.24) is 0 Å². The first-order valence-corrected chi connectivity index (χ1v) is 12.8. The molecule has 3 aromatic carbocycles. The summed E-state index contributed by atoms with van der Waals surface area (Å²) in [6, 6.07) is 19.4. The van der Waals surface area contributed by atoms with Gasteiger partial charge in [-0.25, -0.2) is 4.39 Å². The quantitative estimate of drug-likeness (QED) is 0.316. The summed E-state index contributed by atoms with van der Waals surface area (Å²) < 4.78 is 34.3. The zero-order valence-electron chi connectivity index (χ0n) is 20.9. The molecule has 0 aliphatic carbocycles. The lowest BCUT2D eigenvalue weighted by molar-refractivity contribution is -0.177. The lowest BCUT2D eigenvalue weighted by Crippen LogP contribution is -2.51. The highest BCUT2D eigenvalue weighted by molar-refractivity contribution is 9.10. The lowest BCUT2D eigenvalue weighted by atomic mass is 9.87. The Morgan fingerprint density at radius 2 is 1.83 bits per heavy atom. The van der Waals surface area contributed by atoms with Gasteiger partial charge >= 0.3 is 0 Å². The molecule has 186 valence electrons. The standard InChI is InChI=1S/C29H33BrFNO3/c1-18(2)34-27-24-15-23(32-16-20-9-7-6-8-19(20)3)12-13-26(24)35-29(4,5)28(27)33-17-21-10-11-22(30)14-25(21)31/h6-15,18,27-28,32H,16-17H2,1-5H3. The minimum atomic E-state index is -0.672. The fourth-order valence-corrected chi connectivity index (χ4v) is 4.73. The SMILES string of the molecule is Cc1ccccc1CNc1ccc2c(c1)C(OC(C)C)C(OCc1ccc(Br)cc1F)C(C)(C)O2. The maximum absolute atomic E-state index is 14.5. The molecule has 1 aliphatic heterocycles. The number of anilines is 1. The van der Waals surface area contributed by atoms with Crippen LogP contribution < -0.4 is 10.1 Å². The summed E-state index contributed by atoms with van der Waals surface area (Å²) in [5.41, 5.74) is 4.22. The van der Waals surface area contributed by atoms with Gasteiger partial charge < -0.3 is 19.5 Å². The zero-order valence-corrected chi connectivity index (χ0v) is 22.5. The number of hydrogen-bond acceptors (Lipinski definition) is 4. The van der Waals surface area contributed by atoms with E-state index in [9.17, 15) is 4.39 Å². The van der Waals surface area contributed by atoms with E-state index in [2.05, 4.69) is 52.4 Å². The summed E-state index contributed by atoms with van der Waals surface area (Å²) in [5, 5.41) is 3.53. The van der Waals surface area contributed by atoms with Crippen LogP contribution in [0.25, 0.3) is 0 Å². The summed E-state index contributed by atoms with van der Waals surface area (Å²) in [7, 11) is 0. The van der Waals surface area contributed by atoms with Crippen LogP contribution in [-0.2, 0) is 22.6 Å². The predicted octanol–water partition coefficient (Wildman–Crippen LogP) is 7.73. The van der Waals surface area contributed by atoms with E-state index in [4.69, 9.17) is 14.2 Å². The highest BCUT2D eigenvalue weighted by atomic mass is 79.9. The zero-order chi connectivity index (χ0) is 25.2. The molecule has 0 saturated heterocycles. The first-order valence-electron chi connectivity index (χ1n) is 12.0. The van der Waals surface area contributed by atoms with Gasteiger partial charge in [0, 0.05) is 27.8 Å². The van der Waals surface area contributed by atoms with Crippen LogP contribution >= 0.6 is 15.9 Å². The fraction of sp³-hybridized carbons (Fsp3) is 0.379. The predicted molar refractivity (Wildman–Crippen MR) is 141 cm³/mol. The van der Waals surface area contributed by atoms with Crippen molar-refractivity contribution >= 4 is 21.6 Å². The number of fused-ring (bicyclic) bond motifs is 1. The molecule has 2 unspecified atom stereocenters. The van der Waals surface area contributed by atoms with E-state index in [1.807, 2.05) is 52.0 Å². The molecule has 0 radical (unpaired) electrons. The molecule has 0 saturated carbocycles. The molecule has 0 aromatic heterocycles. The van der Waals surface area contributed by atoms with Crippen LogP contribution in [0.4, 0.5) is 10.1 Å². The minimum Gasteiger partial charge on any atom is -0.485 e. The van der Waals surface area contributed by atoms with E-state index in [1.54, 1.807) is 6.07 Å². The molecule has 0 fully saturated rings. The second kappa shape index (κ2) is 10.7. The molecule has 0 spiro atoms. The molecule has 35 heavy (non-hydrogen) atoms. The van der Waals surface area contributed by atoms with E-state index in [0.29, 0.717) is 10.0 Å². The molecular weight excluding hydrogens is 509 g/mol. The van der Waals surface area contributed by atoms with Crippen molar-refractivity contribution in [2.24, 2.45) is 0 Å². The van der Waals surface area contributed by atoms with E-state index < -0.39 is 11.7 Å². The van der Waals surface area contributed by atoms with Gasteiger partial charge in [-0.3, -0.25) is 0 Å².